The molecule has 3 amide bonds. The molecule has 0 aromatic carbocycles. The van der Waals surface area contributed by atoms with Gasteiger partial charge in [0.2, 0.25) is 0 Å². The lowest BCUT2D eigenvalue weighted by Gasteiger charge is -2.33. The molecule has 1 saturated carbocycles. The van der Waals surface area contributed by atoms with Crippen molar-refractivity contribution in [3.8, 4) is 0 Å². The molecule has 1 spiro atoms. The van der Waals surface area contributed by atoms with E-state index in [-0.39, 0.29) is 17.9 Å². The molecule has 0 aromatic heterocycles. The molecule has 1 saturated heterocycles. The molecule has 2 fully saturated rings. The van der Waals surface area contributed by atoms with Crippen molar-refractivity contribution in [1.29, 1.82) is 0 Å². The molecule has 1 atom stereocenters. The molecule has 1 N–H and O–H groups in total. The van der Waals surface area contributed by atoms with Gasteiger partial charge in [-0.25, -0.2) is 4.79 Å². The van der Waals surface area contributed by atoms with Crippen LogP contribution in [-0.4, -0.2) is 34.7 Å². The summed E-state index contributed by atoms with van der Waals surface area (Å²) in [6.07, 6.45) is 3.60. The molecule has 1 heterocycles. The average molecular weight is 270 g/mol. The topological polar surface area (TPSA) is 49.4 Å². The van der Waals surface area contributed by atoms with Crippen LogP contribution in [0.25, 0.3) is 0 Å². The summed E-state index contributed by atoms with van der Waals surface area (Å²) in [6, 6.07) is -0.219. The molecule has 1 unspecified atom stereocenters. The quantitative estimate of drug-likeness (QED) is 0.609. The fourth-order valence-corrected chi connectivity index (χ4v) is 2.92. The number of thiol groups is 1. The number of amides is 3. The van der Waals surface area contributed by atoms with Gasteiger partial charge in [-0.15, -0.1) is 0 Å². The van der Waals surface area contributed by atoms with E-state index >= 15 is 0 Å². The Morgan fingerprint density at radius 2 is 2.06 bits per heavy atom. The maximum atomic E-state index is 12.5. The minimum absolute atomic E-state index is 0.0203. The van der Waals surface area contributed by atoms with Crippen molar-refractivity contribution in [1.82, 2.24) is 10.2 Å². The predicted octanol–water partition coefficient (Wildman–Crippen LogP) is 2.05. The number of carbonyl (C=O) groups is 2. The van der Waals surface area contributed by atoms with Gasteiger partial charge >= 0.3 is 6.03 Å². The third-order valence-corrected chi connectivity index (χ3v) is 4.80. The maximum Gasteiger partial charge on any atom is 0.325 e. The van der Waals surface area contributed by atoms with Crippen molar-refractivity contribution in [2.24, 2.45) is 11.8 Å². The van der Waals surface area contributed by atoms with Crippen LogP contribution >= 0.6 is 12.6 Å². The minimum Gasteiger partial charge on any atom is -0.323 e. The SMILES string of the molecule is CC1CCC2(CC1)NC(=O)N(CC(C)CS)C2=O. The van der Waals surface area contributed by atoms with E-state index in [9.17, 15) is 9.59 Å². The van der Waals surface area contributed by atoms with E-state index in [2.05, 4.69) is 24.9 Å². The van der Waals surface area contributed by atoms with E-state index < -0.39 is 5.54 Å². The largest absolute Gasteiger partial charge is 0.325 e. The standard InChI is InChI=1S/C13H22N2O2S/c1-9-3-5-13(6-4-9)11(16)15(12(17)14-13)7-10(2)8-18/h9-10,18H,3-8H2,1-2H3,(H,14,17). The zero-order valence-corrected chi connectivity index (χ0v) is 12.0. The number of hydrogen-bond acceptors (Lipinski definition) is 3. The van der Waals surface area contributed by atoms with E-state index in [1.54, 1.807) is 0 Å². The normalized spacial score (nSPS) is 33.9. The highest BCUT2D eigenvalue weighted by Crippen LogP contribution is 2.36. The Labute approximate surface area is 114 Å². The maximum absolute atomic E-state index is 12.5. The van der Waals surface area contributed by atoms with Gasteiger partial charge in [0, 0.05) is 6.54 Å². The number of rotatable bonds is 3. The summed E-state index contributed by atoms with van der Waals surface area (Å²) in [4.78, 5) is 25.8. The Hall–Kier alpha value is -0.710. The van der Waals surface area contributed by atoms with E-state index in [0.29, 0.717) is 18.2 Å². The second-order valence-electron chi connectivity index (χ2n) is 5.90. The number of carbonyl (C=O) groups excluding carboxylic acids is 2. The van der Waals surface area contributed by atoms with Crippen molar-refractivity contribution in [2.75, 3.05) is 12.3 Å². The molecule has 0 aromatic rings. The van der Waals surface area contributed by atoms with E-state index in [0.717, 1.165) is 25.7 Å². The van der Waals surface area contributed by atoms with E-state index in [4.69, 9.17) is 0 Å². The fraction of sp³-hybridized carbons (Fsp3) is 0.846. The van der Waals surface area contributed by atoms with Gasteiger partial charge in [0.05, 0.1) is 0 Å². The van der Waals surface area contributed by atoms with Gasteiger partial charge in [-0.1, -0.05) is 13.8 Å². The number of nitrogens with one attached hydrogen (secondary N) is 1. The Morgan fingerprint density at radius 1 is 1.44 bits per heavy atom. The van der Waals surface area contributed by atoms with Gasteiger partial charge in [0.15, 0.2) is 0 Å². The molecule has 18 heavy (non-hydrogen) atoms. The van der Waals surface area contributed by atoms with Crippen LogP contribution in [-0.2, 0) is 4.79 Å². The molecular weight excluding hydrogens is 248 g/mol. The number of imide groups is 1. The van der Waals surface area contributed by atoms with Crippen LogP contribution in [0.15, 0.2) is 0 Å². The Bertz CT molecular complexity index is 351. The average Bonchev–Trinajstić information content (AvgIpc) is 2.58. The Morgan fingerprint density at radius 3 is 2.61 bits per heavy atom. The van der Waals surface area contributed by atoms with Crippen molar-refractivity contribution in [2.45, 2.75) is 45.1 Å². The third-order valence-electron chi connectivity index (χ3n) is 4.18. The highest BCUT2D eigenvalue weighted by Gasteiger charge is 2.51. The monoisotopic (exact) mass is 270 g/mol. The zero-order valence-electron chi connectivity index (χ0n) is 11.1. The fourth-order valence-electron chi connectivity index (χ4n) is 2.81. The van der Waals surface area contributed by atoms with E-state index in [1.165, 1.54) is 4.90 Å². The first-order valence-corrected chi connectivity index (χ1v) is 7.37. The van der Waals surface area contributed by atoms with Gasteiger partial charge in [0.1, 0.15) is 5.54 Å². The second-order valence-corrected chi connectivity index (χ2v) is 6.26. The molecular formula is C13H22N2O2S. The molecule has 1 aliphatic heterocycles. The summed E-state index contributed by atoms with van der Waals surface area (Å²) in [5.41, 5.74) is -0.597. The smallest absolute Gasteiger partial charge is 0.323 e. The van der Waals surface area contributed by atoms with Crippen LogP contribution in [0.2, 0.25) is 0 Å². The van der Waals surface area contributed by atoms with Crippen LogP contribution in [0.1, 0.15) is 39.5 Å². The van der Waals surface area contributed by atoms with Crippen LogP contribution in [0.4, 0.5) is 4.79 Å². The molecule has 2 aliphatic rings. The summed E-state index contributed by atoms with van der Waals surface area (Å²) in [5.74, 6) is 1.56. The lowest BCUT2D eigenvalue weighted by Crippen LogP contribution is -2.49. The Kier molecular flexibility index (Phi) is 3.90. The molecule has 1 aliphatic carbocycles. The highest BCUT2D eigenvalue weighted by molar-refractivity contribution is 7.80. The molecule has 0 radical (unpaired) electrons. The summed E-state index contributed by atoms with van der Waals surface area (Å²) >= 11 is 4.21. The molecule has 102 valence electrons. The first-order valence-electron chi connectivity index (χ1n) is 6.73. The lowest BCUT2D eigenvalue weighted by molar-refractivity contribution is -0.133. The van der Waals surface area contributed by atoms with Crippen molar-refractivity contribution < 1.29 is 9.59 Å². The molecule has 4 nitrogen and oxygen atoms in total. The van der Waals surface area contributed by atoms with Crippen LogP contribution < -0.4 is 5.32 Å². The molecule has 2 rings (SSSR count). The minimum atomic E-state index is -0.597. The zero-order chi connectivity index (χ0) is 13.3. The van der Waals surface area contributed by atoms with Crippen LogP contribution in [0.3, 0.4) is 0 Å². The molecule has 0 bridgehead atoms. The van der Waals surface area contributed by atoms with Crippen molar-refractivity contribution in [3.05, 3.63) is 0 Å². The van der Waals surface area contributed by atoms with Crippen LogP contribution in [0.5, 0.6) is 0 Å². The second kappa shape index (κ2) is 5.11. The van der Waals surface area contributed by atoms with E-state index in [1.807, 2.05) is 6.92 Å². The van der Waals surface area contributed by atoms with Crippen molar-refractivity contribution in [3.63, 3.8) is 0 Å². The number of hydrogen-bond donors (Lipinski definition) is 2. The summed E-state index contributed by atoms with van der Waals surface area (Å²) in [6.45, 7) is 4.68. The van der Waals surface area contributed by atoms with Gasteiger partial charge in [0.25, 0.3) is 5.91 Å². The van der Waals surface area contributed by atoms with Crippen LogP contribution in [0, 0.1) is 11.8 Å². The van der Waals surface area contributed by atoms with Gasteiger partial charge in [-0.05, 0) is 43.3 Å². The van der Waals surface area contributed by atoms with Gasteiger partial charge in [-0.3, -0.25) is 9.69 Å². The van der Waals surface area contributed by atoms with Gasteiger partial charge < -0.3 is 5.32 Å². The first kappa shape index (κ1) is 13.7. The molecule has 5 heteroatoms. The highest BCUT2D eigenvalue weighted by atomic mass is 32.1. The summed E-state index contributed by atoms with van der Waals surface area (Å²) in [7, 11) is 0. The first-order chi connectivity index (χ1) is 8.48. The van der Waals surface area contributed by atoms with Gasteiger partial charge in [-0.2, -0.15) is 12.6 Å². The Balaban J connectivity index is 2.09. The predicted molar refractivity (Wildman–Crippen MR) is 73.6 cm³/mol. The number of nitrogens with zero attached hydrogens (tertiary/aromatic N) is 1. The number of urea groups is 1. The third kappa shape index (κ3) is 2.37. The lowest BCUT2D eigenvalue weighted by atomic mass is 9.77. The summed E-state index contributed by atoms with van der Waals surface area (Å²) < 4.78 is 0. The van der Waals surface area contributed by atoms with Crippen molar-refractivity contribution >= 4 is 24.6 Å². The summed E-state index contributed by atoms with van der Waals surface area (Å²) in [5, 5.41) is 2.93.